The summed E-state index contributed by atoms with van der Waals surface area (Å²) in [6, 6.07) is 21.6. The monoisotopic (exact) mass is 429 g/mol. The summed E-state index contributed by atoms with van der Waals surface area (Å²) in [5.41, 5.74) is 4.89. The molecule has 0 unspecified atom stereocenters. The molecule has 0 atom stereocenters. The number of benzene rings is 2. The highest BCUT2D eigenvalue weighted by Crippen LogP contribution is 2.27. The summed E-state index contributed by atoms with van der Waals surface area (Å²) in [5, 5.41) is 1.26. The smallest absolute Gasteiger partial charge is 0.0741 e. The van der Waals surface area contributed by atoms with E-state index in [9.17, 15) is 0 Å². The van der Waals surface area contributed by atoms with E-state index in [4.69, 9.17) is 4.98 Å². The van der Waals surface area contributed by atoms with Crippen LogP contribution in [-0.2, 0) is 6.42 Å². The Labute approximate surface area is 196 Å². The number of rotatable bonds is 16. The number of fused-ring (bicyclic) bond motifs is 1. The lowest BCUT2D eigenvalue weighted by molar-refractivity contribution is 0.535. The van der Waals surface area contributed by atoms with Gasteiger partial charge in [0, 0.05) is 10.9 Å². The first-order valence-corrected chi connectivity index (χ1v) is 13.3. The minimum absolute atomic E-state index is 1.09. The number of para-hydroxylation sites is 1. The van der Waals surface area contributed by atoms with E-state index in [1.807, 2.05) is 0 Å². The van der Waals surface area contributed by atoms with Gasteiger partial charge in [0.25, 0.3) is 0 Å². The van der Waals surface area contributed by atoms with Crippen LogP contribution in [-0.4, -0.2) is 4.98 Å². The summed E-state index contributed by atoms with van der Waals surface area (Å²) in [6.07, 6.45) is 20.8. The molecule has 3 aromatic rings. The SMILES string of the molecule is CCCCCCCCCCCCCCCCc1cc2ccccc2nc1-c1ccccc1. The Hall–Kier alpha value is -2.15. The standard InChI is InChI=1S/C31H43N/c1-2-3-4-5-6-7-8-9-10-11-12-13-14-16-24-29-26-28-23-19-20-25-30(28)32-31(29)27-21-17-15-18-22-27/h15,17-23,25-26H,2-14,16,24H2,1H3. The van der Waals surface area contributed by atoms with Crippen LogP contribution < -0.4 is 0 Å². The maximum Gasteiger partial charge on any atom is 0.0741 e. The number of aryl methyl sites for hydroxylation is 1. The predicted octanol–water partition coefficient (Wildman–Crippen LogP) is 9.93. The van der Waals surface area contributed by atoms with Crippen molar-refractivity contribution in [3.8, 4) is 11.3 Å². The first-order chi connectivity index (χ1) is 15.9. The van der Waals surface area contributed by atoms with Crippen LogP contribution in [0.1, 0.15) is 102 Å². The highest BCUT2D eigenvalue weighted by Gasteiger charge is 2.09. The van der Waals surface area contributed by atoms with Gasteiger partial charge in [-0.3, -0.25) is 0 Å². The molecule has 32 heavy (non-hydrogen) atoms. The van der Waals surface area contributed by atoms with Crippen molar-refractivity contribution < 1.29 is 0 Å². The van der Waals surface area contributed by atoms with Gasteiger partial charge in [-0.2, -0.15) is 0 Å². The number of hydrogen-bond donors (Lipinski definition) is 0. The minimum Gasteiger partial charge on any atom is -0.248 e. The summed E-state index contributed by atoms with van der Waals surface area (Å²) in [5.74, 6) is 0. The van der Waals surface area contributed by atoms with Crippen molar-refractivity contribution in [1.82, 2.24) is 4.98 Å². The molecule has 0 bridgehead atoms. The summed E-state index contributed by atoms with van der Waals surface area (Å²) < 4.78 is 0. The summed E-state index contributed by atoms with van der Waals surface area (Å²) in [4.78, 5) is 5.03. The lowest BCUT2D eigenvalue weighted by atomic mass is 9.98. The molecule has 0 saturated carbocycles. The molecule has 0 radical (unpaired) electrons. The number of pyridine rings is 1. The minimum atomic E-state index is 1.09. The van der Waals surface area contributed by atoms with Crippen LogP contribution in [0.5, 0.6) is 0 Å². The molecule has 1 aromatic heterocycles. The lowest BCUT2D eigenvalue weighted by Gasteiger charge is -2.11. The zero-order valence-corrected chi connectivity index (χ0v) is 20.3. The molecule has 0 amide bonds. The Morgan fingerprint density at radius 1 is 0.562 bits per heavy atom. The molecule has 0 aliphatic rings. The highest BCUT2D eigenvalue weighted by atomic mass is 14.7. The average molecular weight is 430 g/mol. The van der Waals surface area contributed by atoms with Gasteiger partial charge in [0.15, 0.2) is 0 Å². The number of unbranched alkanes of at least 4 members (excludes halogenated alkanes) is 13. The van der Waals surface area contributed by atoms with Crippen LogP contribution in [0, 0.1) is 0 Å². The molecule has 2 aromatic carbocycles. The van der Waals surface area contributed by atoms with Gasteiger partial charge in [-0.15, -0.1) is 0 Å². The van der Waals surface area contributed by atoms with E-state index in [2.05, 4.69) is 67.6 Å². The second-order valence-corrected chi connectivity index (χ2v) is 9.40. The fraction of sp³-hybridized carbons (Fsp3) is 0.516. The molecule has 1 nitrogen and oxygen atoms in total. The van der Waals surface area contributed by atoms with E-state index in [1.165, 1.54) is 112 Å². The van der Waals surface area contributed by atoms with Crippen LogP contribution in [0.2, 0.25) is 0 Å². The van der Waals surface area contributed by atoms with Crippen molar-refractivity contribution in [2.75, 3.05) is 0 Å². The third kappa shape index (κ3) is 8.41. The maximum absolute atomic E-state index is 5.03. The Kier molecular flexibility index (Phi) is 11.3. The van der Waals surface area contributed by atoms with Gasteiger partial charge >= 0.3 is 0 Å². The molecule has 0 aliphatic carbocycles. The Bertz CT molecular complexity index is 883. The van der Waals surface area contributed by atoms with Crippen molar-refractivity contribution in [3.63, 3.8) is 0 Å². The normalized spacial score (nSPS) is 11.3. The van der Waals surface area contributed by atoms with E-state index in [0.717, 1.165) is 11.9 Å². The molecular weight excluding hydrogens is 386 g/mol. The molecule has 0 N–H and O–H groups in total. The van der Waals surface area contributed by atoms with Gasteiger partial charge in [-0.1, -0.05) is 139 Å². The molecule has 0 saturated heterocycles. The van der Waals surface area contributed by atoms with Crippen LogP contribution in [0.3, 0.4) is 0 Å². The fourth-order valence-electron chi connectivity index (χ4n) is 4.71. The van der Waals surface area contributed by atoms with Crippen molar-refractivity contribution >= 4 is 10.9 Å². The molecule has 0 fully saturated rings. The van der Waals surface area contributed by atoms with Crippen molar-refractivity contribution in [2.45, 2.75) is 103 Å². The predicted molar refractivity (Wildman–Crippen MR) is 141 cm³/mol. The van der Waals surface area contributed by atoms with Gasteiger partial charge in [-0.05, 0) is 30.5 Å². The molecular formula is C31H43N. The number of aromatic nitrogens is 1. The van der Waals surface area contributed by atoms with Gasteiger partial charge in [0.1, 0.15) is 0 Å². The average Bonchev–Trinajstić information content (AvgIpc) is 2.84. The van der Waals surface area contributed by atoms with Crippen molar-refractivity contribution in [3.05, 3.63) is 66.2 Å². The Morgan fingerprint density at radius 3 is 1.72 bits per heavy atom. The Morgan fingerprint density at radius 2 is 1.09 bits per heavy atom. The quantitative estimate of drug-likeness (QED) is 0.206. The third-order valence-electron chi connectivity index (χ3n) is 6.65. The molecule has 1 heterocycles. The largest absolute Gasteiger partial charge is 0.248 e. The van der Waals surface area contributed by atoms with Crippen LogP contribution in [0.25, 0.3) is 22.2 Å². The first kappa shape index (κ1) is 24.5. The molecule has 0 aliphatic heterocycles. The third-order valence-corrected chi connectivity index (χ3v) is 6.65. The zero-order valence-electron chi connectivity index (χ0n) is 20.3. The summed E-state index contributed by atoms with van der Waals surface area (Å²) in [6.45, 7) is 2.29. The molecule has 172 valence electrons. The second kappa shape index (κ2) is 14.8. The van der Waals surface area contributed by atoms with Crippen LogP contribution in [0.15, 0.2) is 60.7 Å². The lowest BCUT2D eigenvalue weighted by Crippen LogP contribution is -1.95. The Balaban J connectivity index is 1.35. The van der Waals surface area contributed by atoms with E-state index in [-0.39, 0.29) is 0 Å². The number of hydrogen-bond acceptors (Lipinski definition) is 1. The summed E-state index contributed by atoms with van der Waals surface area (Å²) >= 11 is 0. The zero-order chi connectivity index (χ0) is 22.3. The van der Waals surface area contributed by atoms with Gasteiger partial charge in [0.05, 0.1) is 11.2 Å². The summed E-state index contributed by atoms with van der Waals surface area (Å²) in [7, 11) is 0. The maximum atomic E-state index is 5.03. The molecule has 1 heteroatoms. The highest BCUT2D eigenvalue weighted by molar-refractivity contribution is 5.83. The van der Waals surface area contributed by atoms with Gasteiger partial charge in [0.2, 0.25) is 0 Å². The van der Waals surface area contributed by atoms with Gasteiger partial charge in [-0.25, -0.2) is 4.98 Å². The van der Waals surface area contributed by atoms with Crippen molar-refractivity contribution in [1.29, 1.82) is 0 Å². The van der Waals surface area contributed by atoms with Crippen LogP contribution in [0.4, 0.5) is 0 Å². The van der Waals surface area contributed by atoms with Crippen molar-refractivity contribution in [2.24, 2.45) is 0 Å². The molecule has 3 rings (SSSR count). The van der Waals surface area contributed by atoms with E-state index >= 15 is 0 Å². The topological polar surface area (TPSA) is 12.9 Å². The first-order valence-electron chi connectivity index (χ1n) is 13.3. The van der Waals surface area contributed by atoms with E-state index in [1.54, 1.807) is 0 Å². The second-order valence-electron chi connectivity index (χ2n) is 9.40. The number of nitrogens with zero attached hydrogens (tertiary/aromatic N) is 1. The van der Waals surface area contributed by atoms with E-state index < -0.39 is 0 Å². The fourth-order valence-corrected chi connectivity index (χ4v) is 4.71. The van der Waals surface area contributed by atoms with E-state index in [0.29, 0.717) is 0 Å². The molecule has 0 spiro atoms. The van der Waals surface area contributed by atoms with Gasteiger partial charge < -0.3 is 0 Å². The van der Waals surface area contributed by atoms with Crippen LogP contribution >= 0.6 is 0 Å².